The number of nitrogens with one attached hydrogen (secondary N) is 1. The predicted molar refractivity (Wildman–Crippen MR) is 108 cm³/mol. The van der Waals surface area contributed by atoms with Gasteiger partial charge in [-0.15, -0.1) is 0 Å². The Morgan fingerprint density at radius 1 is 1.04 bits per heavy atom. The first-order valence-electron chi connectivity index (χ1n) is 8.55. The van der Waals surface area contributed by atoms with E-state index in [9.17, 15) is 4.79 Å². The van der Waals surface area contributed by atoms with Gasteiger partial charge >= 0.3 is 0 Å². The van der Waals surface area contributed by atoms with E-state index in [1.807, 2.05) is 56.3 Å². The number of aryl methyl sites for hydroxylation is 2. The summed E-state index contributed by atoms with van der Waals surface area (Å²) in [6.07, 6.45) is 0. The largest absolute Gasteiger partial charge is 0.436 e. The monoisotopic (exact) mass is 376 g/mol. The van der Waals surface area contributed by atoms with Crippen LogP contribution in [-0.4, -0.2) is 10.9 Å². The third kappa shape index (κ3) is 3.44. The van der Waals surface area contributed by atoms with Gasteiger partial charge in [-0.2, -0.15) is 0 Å². The number of carbonyl (C=O) groups excluding carboxylic acids is 1. The number of hydrogen-bond acceptors (Lipinski definition) is 3. The highest BCUT2D eigenvalue weighted by atomic mass is 35.5. The predicted octanol–water partition coefficient (Wildman–Crippen LogP) is 6.02. The van der Waals surface area contributed by atoms with E-state index in [1.54, 1.807) is 18.2 Å². The molecule has 134 valence electrons. The number of oxazole rings is 1. The number of carbonyl (C=O) groups is 1. The average Bonchev–Trinajstić information content (AvgIpc) is 3.07. The lowest BCUT2D eigenvalue weighted by Gasteiger charge is -2.10. The zero-order chi connectivity index (χ0) is 19.0. The standard InChI is InChI=1S/C22H17ClN2O2/c1-13-7-9-16(14(2)11-13)21(26)24-15-8-10-18(23)17(12-15)22-25-19-5-3-4-6-20(19)27-22/h3-12H,1-2H3,(H,24,26). The number of amides is 1. The Bertz CT molecular complexity index is 1130. The van der Waals surface area contributed by atoms with Gasteiger partial charge in [0, 0.05) is 11.3 Å². The Balaban J connectivity index is 1.67. The molecule has 0 spiro atoms. The molecule has 0 atom stereocenters. The van der Waals surface area contributed by atoms with Gasteiger partial charge in [-0.25, -0.2) is 4.98 Å². The quantitative estimate of drug-likeness (QED) is 0.475. The van der Waals surface area contributed by atoms with Gasteiger partial charge < -0.3 is 9.73 Å². The van der Waals surface area contributed by atoms with Crippen LogP contribution in [0.1, 0.15) is 21.5 Å². The van der Waals surface area contributed by atoms with E-state index in [0.29, 0.717) is 33.3 Å². The molecule has 0 saturated carbocycles. The lowest BCUT2D eigenvalue weighted by molar-refractivity contribution is 0.102. The minimum Gasteiger partial charge on any atom is -0.436 e. The molecule has 4 nitrogen and oxygen atoms in total. The molecule has 0 unspecified atom stereocenters. The molecule has 0 aliphatic heterocycles. The summed E-state index contributed by atoms with van der Waals surface area (Å²) in [6, 6.07) is 18.5. The van der Waals surface area contributed by atoms with Crippen LogP contribution in [0.25, 0.3) is 22.6 Å². The zero-order valence-corrected chi connectivity index (χ0v) is 15.7. The van der Waals surface area contributed by atoms with Gasteiger partial charge in [0.1, 0.15) is 5.52 Å². The van der Waals surface area contributed by atoms with Gasteiger partial charge in [0.25, 0.3) is 5.91 Å². The molecule has 27 heavy (non-hydrogen) atoms. The van der Waals surface area contributed by atoms with Gasteiger partial charge in [0.2, 0.25) is 5.89 Å². The number of para-hydroxylation sites is 2. The lowest BCUT2D eigenvalue weighted by atomic mass is 10.1. The Hall–Kier alpha value is -3.11. The number of nitrogens with zero attached hydrogens (tertiary/aromatic N) is 1. The second-order valence-corrected chi connectivity index (χ2v) is 6.86. The summed E-state index contributed by atoms with van der Waals surface area (Å²) in [4.78, 5) is 17.1. The number of halogens is 1. The van der Waals surface area contributed by atoms with Gasteiger partial charge in [-0.3, -0.25) is 4.79 Å². The summed E-state index contributed by atoms with van der Waals surface area (Å²) in [6.45, 7) is 3.92. The van der Waals surface area contributed by atoms with E-state index in [4.69, 9.17) is 16.0 Å². The van der Waals surface area contributed by atoms with E-state index in [2.05, 4.69) is 10.3 Å². The Morgan fingerprint density at radius 2 is 1.85 bits per heavy atom. The minimum atomic E-state index is -0.168. The molecule has 1 N–H and O–H groups in total. The van der Waals surface area contributed by atoms with Crippen LogP contribution in [0.15, 0.2) is 65.1 Å². The number of rotatable bonds is 3. The molecule has 3 aromatic carbocycles. The van der Waals surface area contributed by atoms with Crippen LogP contribution in [0, 0.1) is 13.8 Å². The van der Waals surface area contributed by atoms with Gasteiger partial charge in [0.15, 0.2) is 5.58 Å². The SMILES string of the molecule is Cc1ccc(C(=O)Nc2ccc(Cl)c(-c3nc4ccccc4o3)c2)c(C)c1. The fourth-order valence-electron chi connectivity index (χ4n) is 3.02. The van der Waals surface area contributed by atoms with Gasteiger partial charge in [-0.05, 0) is 55.8 Å². The molecule has 0 saturated heterocycles. The Morgan fingerprint density at radius 3 is 2.63 bits per heavy atom. The molecular weight excluding hydrogens is 360 g/mol. The van der Waals surface area contributed by atoms with Crippen LogP contribution >= 0.6 is 11.6 Å². The maximum absolute atomic E-state index is 12.6. The highest BCUT2D eigenvalue weighted by Gasteiger charge is 2.14. The number of hydrogen-bond donors (Lipinski definition) is 1. The van der Waals surface area contributed by atoms with Crippen LogP contribution in [0.5, 0.6) is 0 Å². The third-order valence-corrected chi connectivity index (χ3v) is 4.70. The van der Waals surface area contributed by atoms with E-state index >= 15 is 0 Å². The van der Waals surface area contributed by atoms with Crippen LogP contribution in [0.2, 0.25) is 5.02 Å². The van der Waals surface area contributed by atoms with Crippen molar-refractivity contribution < 1.29 is 9.21 Å². The van der Waals surface area contributed by atoms with Crippen molar-refractivity contribution >= 4 is 34.3 Å². The molecule has 0 aliphatic rings. The van der Waals surface area contributed by atoms with Crippen molar-refractivity contribution in [1.82, 2.24) is 4.98 Å². The third-order valence-electron chi connectivity index (χ3n) is 4.38. The second kappa shape index (κ2) is 6.89. The smallest absolute Gasteiger partial charge is 0.255 e. The summed E-state index contributed by atoms with van der Waals surface area (Å²) in [7, 11) is 0. The topological polar surface area (TPSA) is 55.1 Å². The van der Waals surface area contributed by atoms with Crippen molar-refractivity contribution in [3.63, 3.8) is 0 Å². The summed E-state index contributed by atoms with van der Waals surface area (Å²) in [5, 5.41) is 3.43. The average molecular weight is 377 g/mol. The highest BCUT2D eigenvalue weighted by Crippen LogP contribution is 2.32. The van der Waals surface area contributed by atoms with Crippen molar-refractivity contribution in [3.8, 4) is 11.5 Å². The number of fused-ring (bicyclic) bond motifs is 1. The molecule has 5 heteroatoms. The molecule has 1 heterocycles. The van der Waals surface area contributed by atoms with Crippen LogP contribution in [-0.2, 0) is 0 Å². The van der Waals surface area contributed by atoms with E-state index < -0.39 is 0 Å². The van der Waals surface area contributed by atoms with Crippen molar-refractivity contribution in [1.29, 1.82) is 0 Å². The van der Waals surface area contributed by atoms with Crippen LogP contribution < -0.4 is 5.32 Å². The fraction of sp³-hybridized carbons (Fsp3) is 0.0909. The maximum Gasteiger partial charge on any atom is 0.255 e. The van der Waals surface area contributed by atoms with Crippen molar-refractivity contribution in [2.75, 3.05) is 5.32 Å². The molecular formula is C22H17ClN2O2. The minimum absolute atomic E-state index is 0.168. The molecule has 1 amide bonds. The van der Waals surface area contributed by atoms with E-state index in [0.717, 1.165) is 16.6 Å². The molecule has 0 fully saturated rings. The number of benzene rings is 3. The molecule has 4 aromatic rings. The Kier molecular flexibility index (Phi) is 4.42. The van der Waals surface area contributed by atoms with Gasteiger partial charge in [-0.1, -0.05) is 41.4 Å². The zero-order valence-electron chi connectivity index (χ0n) is 14.9. The van der Waals surface area contributed by atoms with Crippen molar-refractivity contribution in [2.24, 2.45) is 0 Å². The Labute approximate surface area is 161 Å². The highest BCUT2D eigenvalue weighted by molar-refractivity contribution is 6.33. The maximum atomic E-state index is 12.6. The first-order valence-corrected chi connectivity index (χ1v) is 8.93. The van der Waals surface area contributed by atoms with Gasteiger partial charge in [0.05, 0.1) is 10.6 Å². The molecule has 4 rings (SSSR count). The molecule has 0 radical (unpaired) electrons. The van der Waals surface area contributed by atoms with E-state index in [1.165, 1.54) is 0 Å². The molecule has 0 bridgehead atoms. The summed E-state index contributed by atoms with van der Waals surface area (Å²) < 4.78 is 5.80. The summed E-state index contributed by atoms with van der Waals surface area (Å²) in [5.74, 6) is 0.252. The number of anilines is 1. The van der Waals surface area contributed by atoms with Crippen molar-refractivity contribution in [3.05, 3.63) is 82.4 Å². The first-order chi connectivity index (χ1) is 13.0. The summed E-state index contributed by atoms with van der Waals surface area (Å²) in [5.41, 5.74) is 5.39. The summed E-state index contributed by atoms with van der Waals surface area (Å²) >= 11 is 6.34. The molecule has 0 aliphatic carbocycles. The first kappa shape index (κ1) is 17.3. The lowest BCUT2D eigenvalue weighted by Crippen LogP contribution is -2.13. The second-order valence-electron chi connectivity index (χ2n) is 6.45. The van der Waals surface area contributed by atoms with Crippen LogP contribution in [0.4, 0.5) is 5.69 Å². The molecule has 1 aromatic heterocycles. The van der Waals surface area contributed by atoms with Crippen LogP contribution in [0.3, 0.4) is 0 Å². The van der Waals surface area contributed by atoms with E-state index in [-0.39, 0.29) is 5.91 Å². The normalized spacial score (nSPS) is 10.9. The number of aromatic nitrogens is 1. The fourth-order valence-corrected chi connectivity index (χ4v) is 3.22. The van der Waals surface area contributed by atoms with Crippen molar-refractivity contribution in [2.45, 2.75) is 13.8 Å².